The van der Waals surface area contributed by atoms with Gasteiger partial charge in [-0.2, -0.15) is 0 Å². The molecule has 0 aliphatic rings. The summed E-state index contributed by atoms with van der Waals surface area (Å²) in [5.41, 5.74) is -1.16. The van der Waals surface area contributed by atoms with E-state index in [0.29, 0.717) is 6.08 Å². The van der Waals surface area contributed by atoms with Crippen LogP contribution < -0.4 is 0 Å². The van der Waals surface area contributed by atoms with Crippen LogP contribution in [0.1, 0.15) is 0 Å². The number of rotatable bonds is 5. The van der Waals surface area contributed by atoms with Gasteiger partial charge in [-0.1, -0.05) is 11.6 Å². The van der Waals surface area contributed by atoms with E-state index in [4.69, 9.17) is 0 Å². The van der Waals surface area contributed by atoms with Gasteiger partial charge < -0.3 is 23.7 Å². The summed E-state index contributed by atoms with van der Waals surface area (Å²) in [6, 6.07) is 0. The maximum Gasteiger partial charge on any atom is 0.319 e. The van der Waals surface area contributed by atoms with Crippen LogP contribution in [0.4, 0.5) is 0 Å². The quantitative estimate of drug-likeness (QED) is 0.168. The molecule has 0 aromatic carbocycles. The van der Waals surface area contributed by atoms with Crippen LogP contribution in [0.15, 0.2) is 17.2 Å². The van der Waals surface area contributed by atoms with Gasteiger partial charge in [0.1, 0.15) is 0 Å². The number of hydrogen-bond donors (Lipinski definition) is 0. The Hall–Kier alpha value is -1.95. The molecule has 9 heteroatoms. The van der Waals surface area contributed by atoms with Gasteiger partial charge in [-0.05, 0) is 11.6 Å². The molecule has 0 radical (unpaired) electrons. The summed E-state index contributed by atoms with van der Waals surface area (Å²) in [5, 5.41) is 0. The first-order valence-corrected chi connectivity index (χ1v) is 5.09. The van der Waals surface area contributed by atoms with E-state index in [1.54, 1.807) is 0 Å². The Kier molecular flexibility index (Phi) is 11.0. The second-order valence-electron chi connectivity index (χ2n) is 3.06. The minimum Gasteiger partial charge on any atom is -0.523 e. The van der Waals surface area contributed by atoms with Crippen molar-refractivity contribution in [3.63, 3.8) is 0 Å². The maximum absolute atomic E-state index is 11.6. The molecule has 120 valence electrons. The fraction of sp³-hybridized carbons (Fsp3) is 0.333. The number of ether oxygens (including phenoxy) is 4. The van der Waals surface area contributed by atoms with Gasteiger partial charge in [-0.3, -0.25) is 9.59 Å². The molecule has 0 saturated heterocycles. The predicted molar refractivity (Wildman–Crippen MR) is 62.9 cm³/mol. The number of carbonyl (C=O) groups excluding carboxylic acids is 4. The molecular weight excluding hydrogens is 467 g/mol. The van der Waals surface area contributed by atoms with E-state index in [2.05, 4.69) is 18.9 Å². The molecular formula is C12H13O8Pt-. The molecule has 0 bridgehead atoms. The molecule has 0 amide bonds. The monoisotopic (exact) mass is 480 g/mol. The Bertz CT molecular complexity index is 434. The standard InChI is InChI=1S/C12H13O8.Pt/c1-17-9(13)5-7(11(15)19-3)8(12(16)20-4)6-10(14)18-2;/h5H,1-4H3;/q-1;. The second kappa shape index (κ2) is 10.8. The minimum absolute atomic E-state index is 0. The molecule has 0 aliphatic heterocycles. The molecule has 0 unspecified atom stereocenters. The third-order valence-electron chi connectivity index (χ3n) is 1.94. The molecule has 0 aromatic rings. The van der Waals surface area contributed by atoms with Crippen LogP contribution in [0.3, 0.4) is 0 Å². The van der Waals surface area contributed by atoms with Crippen LogP contribution in [-0.4, -0.2) is 52.3 Å². The Balaban J connectivity index is 0. The average molecular weight is 480 g/mol. The summed E-state index contributed by atoms with van der Waals surface area (Å²) in [7, 11) is 4.17. The zero-order chi connectivity index (χ0) is 15.7. The van der Waals surface area contributed by atoms with Crippen LogP contribution >= 0.6 is 0 Å². The maximum atomic E-state index is 11.6. The SMILES string of the molecule is COC(=O)[C-]=C(C(=O)OC)C(=CC(=O)OC)C(=O)OC.[Pt]. The Labute approximate surface area is 135 Å². The first kappa shape index (κ1) is 21.3. The normalized spacial score (nSPS) is 10.9. The number of methoxy groups -OCH3 is 4. The topological polar surface area (TPSA) is 105 Å². The summed E-state index contributed by atoms with van der Waals surface area (Å²) in [4.78, 5) is 45.5. The first-order valence-electron chi connectivity index (χ1n) is 5.09. The van der Waals surface area contributed by atoms with E-state index in [0.717, 1.165) is 28.4 Å². The van der Waals surface area contributed by atoms with Crippen molar-refractivity contribution in [2.75, 3.05) is 28.4 Å². The summed E-state index contributed by atoms with van der Waals surface area (Å²) in [5.74, 6) is -4.09. The van der Waals surface area contributed by atoms with Crippen LogP contribution in [-0.2, 0) is 59.2 Å². The first-order chi connectivity index (χ1) is 9.40. The predicted octanol–water partition coefficient (Wildman–Crippen LogP) is -0.668. The van der Waals surface area contributed by atoms with Crippen molar-refractivity contribution in [3.8, 4) is 0 Å². The molecule has 0 spiro atoms. The smallest absolute Gasteiger partial charge is 0.319 e. The zero-order valence-corrected chi connectivity index (χ0v) is 13.9. The largest absolute Gasteiger partial charge is 0.523 e. The van der Waals surface area contributed by atoms with Crippen LogP contribution in [0, 0.1) is 6.08 Å². The van der Waals surface area contributed by atoms with Crippen molar-refractivity contribution in [1.29, 1.82) is 0 Å². The molecule has 0 saturated carbocycles. The molecule has 0 N–H and O–H groups in total. The van der Waals surface area contributed by atoms with E-state index in [1.807, 2.05) is 6.08 Å². The summed E-state index contributed by atoms with van der Waals surface area (Å²) >= 11 is 0. The molecule has 0 rings (SSSR count). The van der Waals surface area contributed by atoms with Gasteiger partial charge >= 0.3 is 5.97 Å². The second-order valence-corrected chi connectivity index (χ2v) is 3.06. The van der Waals surface area contributed by atoms with Crippen LogP contribution in [0.25, 0.3) is 0 Å². The van der Waals surface area contributed by atoms with Crippen molar-refractivity contribution in [3.05, 3.63) is 23.3 Å². The van der Waals surface area contributed by atoms with Gasteiger partial charge in [-0.25, -0.2) is 4.79 Å². The summed E-state index contributed by atoms with van der Waals surface area (Å²) < 4.78 is 17.4. The van der Waals surface area contributed by atoms with E-state index < -0.39 is 35.0 Å². The minimum atomic E-state index is -1.07. The van der Waals surface area contributed by atoms with Crippen molar-refractivity contribution in [2.45, 2.75) is 0 Å². The fourth-order valence-electron chi connectivity index (χ4n) is 1.00. The van der Waals surface area contributed by atoms with Gasteiger partial charge in [-0.15, -0.1) is 0 Å². The molecule has 21 heavy (non-hydrogen) atoms. The van der Waals surface area contributed by atoms with Gasteiger partial charge in [0.05, 0.1) is 28.4 Å². The van der Waals surface area contributed by atoms with Crippen molar-refractivity contribution in [2.24, 2.45) is 0 Å². The van der Waals surface area contributed by atoms with Gasteiger partial charge in [0.25, 0.3) is 11.9 Å². The molecule has 0 atom stereocenters. The van der Waals surface area contributed by atoms with E-state index >= 15 is 0 Å². The third kappa shape index (κ3) is 6.85. The van der Waals surface area contributed by atoms with E-state index in [9.17, 15) is 19.2 Å². The van der Waals surface area contributed by atoms with Crippen molar-refractivity contribution >= 4 is 23.9 Å². The zero-order valence-electron chi connectivity index (χ0n) is 11.7. The third-order valence-corrected chi connectivity index (χ3v) is 1.94. The van der Waals surface area contributed by atoms with Crippen molar-refractivity contribution in [1.82, 2.24) is 0 Å². The Morgan fingerprint density at radius 3 is 1.71 bits per heavy atom. The van der Waals surface area contributed by atoms with Gasteiger partial charge in [0.15, 0.2) is 0 Å². The van der Waals surface area contributed by atoms with E-state index in [-0.39, 0.29) is 21.1 Å². The van der Waals surface area contributed by atoms with Gasteiger partial charge in [0.2, 0.25) is 5.97 Å². The number of carbonyl (C=O) groups is 4. The summed E-state index contributed by atoms with van der Waals surface area (Å²) in [6.45, 7) is 0. The van der Waals surface area contributed by atoms with Crippen LogP contribution in [0.5, 0.6) is 0 Å². The molecule has 0 aliphatic carbocycles. The average Bonchev–Trinajstić information content (AvgIpc) is 2.48. The van der Waals surface area contributed by atoms with Crippen LogP contribution in [0.2, 0.25) is 0 Å². The van der Waals surface area contributed by atoms with Crippen molar-refractivity contribution < 1.29 is 59.2 Å². The number of hydrogen-bond acceptors (Lipinski definition) is 8. The van der Waals surface area contributed by atoms with Gasteiger partial charge in [0, 0.05) is 21.1 Å². The summed E-state index contributed by atoms with van der Waals surface area (Å²) in [6.07, 6.45) is 2.64. The Morgan fingerprint density at radius 1 is 0.810 bits per heavy atom. The molecule has 0 heterocycles. The molecule has 0 aromatic heterocycles. The fourth-order valence-corrected chi connectivity index (χ4v) is 1.00. The molecule has 8 nitrogen and oxygen atoms in total. The Morgan fingerprint density at radius 2 is 1.33 bits per heavy atom. The number of esters is 4. The molecule has 0 fully saturated rings. The van der Waals surface area contributed by atoms with E-state index in [1.165, 1.54) is 0 Å².